The maximum absolute atomic E-state index is 2.52. The summed E-state index contributed by atoms with van der Waals surface area (Å²) in [6.45, 7) is 23.6. The maximum Gasteiger partial charge on any atom is 0.222 e. The minimum atomic E-state index is 0.179. The molecule has 1 aromatic heterocycles. The van der Waals surface area contributed by atoms with E-state index < -0.39 is 0 Å². The molecule has 0 saturated heterocycles. The summed E-state index contributed by atoms with van der Waals surface area (Å²) in [5.74, 6) is 0. The van der Waals surface area contributed by atoms with Crippen molar-refractivity contribution in [2.24, 2.45) is 23.3 Å². The van der Waals surface area contributed by atoms with Gasteiger partial charge in [-0.15, -0.1) is 0 Å². The van der Waals surface area contributed by atoms with E-state index in [4.69, 9.17) is 0 Å². The Hall–Kier alpha value is -2.84. The van der Waals surface area contributed by atoms with Gasteiger partial charge in [0.15, 0.2) is 6.20 Å². The molecule has 0 aliphatic carbocycles. The molecule has 1 aliphatic heterocycles. The molecule has 0 unspecified atom stereocenters. The molecule has 2 heteroatoms. The van der Waals surface area contributed by atoms with Gasteiger partial charge in [-0.1, -0.05) is 110 Å². The fourth-order valence-corrected chi connectivity index (χ4v) is 8.49. The van der Waals surface area contributed by atoms with Gasteiger partial charge in [-0.25, -0.2) is 4.57 Å². The Morgan fingerprint density at radius 2 is 1.36 bits per heavy atom. The summed E-state index contributed by atoms with van der Waals surface area (Å²) in [5.41, 5.74) is 9.28. The van der Waals surface area contributed by atoms with Crippen LogP contribution >= 0.6 is 11.8 Å². The predicted octanol–water partition coefficient (Wildman–Crippen LogP) is 11.2. The summed E-state index contributed by atoms with van der Waals surface area (Å²) >= 11 is 2.02. The molecule has 218 valence electrons. The Balaban J connectivity index is 1.72. The third-order valence-electron chi connectivity index (χ3n) is 8.63. The zero-order valence-electron chi connectivity index (χ0n) is 27.7. The summed E-state index contributed by atoms with van der Waals surface area (Å²) in [6, 6.07) is 19.1. The molecule has 1 nitrogen and oxygen atoms in total. The SMILES string of the molecule is Cc1c2c(c(CC(C)(C)C)c3ccc(CC(C)(C)C)cc13)Sc1cc3c(CC(C)(C)C)cccc3c3cc[n+](C)c-2c13. The number of fused-ring (bicyclic) bond motifs is 5. The van der Waals surface area contributed by atoms with E-state index in [1.54, 1.807) is 0 Å². The zero-order valence-corrected chi connectivity index (χ0v) is 28.5. The molecule has 1 aliphatic rings. The van der Waals surface area contributed by atoms with E-state index in [0.29, 0.717) is 0 Å². The van der Waals surface area contributed by atoms with Crippen LogP contribution in [0.1, 0.15) is 84.6 Å². The first-order valence-electron chi connectivity index (χ1n) is 15.6. The lowest BCUT2D eigenvalue weighted by atomic mass is 9.81. The van der Waals surface area contributed by atoms with E-state index in [0.717, 1.165) is 19.3 Å². The number of benzene rings is 4. The number of pyridine rings is 1. The summed E-state index contributed by atoms with van der Waals surface area (Å²) < 4.78 is 2.38. The molecule has 0 atom stereocenters. The molecule has 5 aromatic rings. The first-order chi connectivity index (χ1) is 19.5. The first kappa shape index (κ1) is 29.2. The highest BCUT2D eigenvalue weighted by atomic mass is 32.2. The van der Waals surface area contributed by atoms with Crippen molar-refractivity contribution in [3.8, 4) is 11.3 Å². The second-order valence-electron chi connectivity index (χ2n) is 16.5. The Morgan fingerprint density at radius 3 is 2.02 bits per heavy atom. The summed E-state index contributed by atoms with van der Waals surface area (Å²) in [7, 11) is 2.24. The fraction of sp³-hybridized carbons (Fsp3) is 0.425. The van der Waals surface area contributed by atoms with Gasteiger partial charge in [0.05, 0.1) is 10.9 Å². The van der Waals surface area contributed by atoms with Crippen LogP contribution in [0.2, 0.25) is 0 Å². The largest absolute Gasteiger partial charge is 0.222 e. The van der Waals surface area contributed by atoms with Gasteiger partial charge in [0.2, 0.25) is 5.69 Å². The quantitative estimate of drug-likeness (QED) is 0.150. The molecule has 0 bridgehead atoms. The second kappa shape index (κ2) is 9.84. The number of hydrogen-bond donors (Lipinski definition) is 0. The number of aromatic nitrogens is 1. The van der Waals surface area contributed by atoms with Crippen LogP contribution in [0.4, 0.5) is 0 Å². The molecule has 0 fully saturated rings. The van der Waals surface area contributed by atoms with Gasteiger partial charge in [0.25, 0.3) is 0 Å². The van der Waals surface area contributed by atoms with Crippen molar-refractivity contribution < 1.29 is 4.57 Å². The molecule has 0 saturated carbocycles. The third kappa shape index (κ3) is 5.25. The van der Waals surface area contributed by atoms with E-state index >= 15 is 0 Å². The smallest absolute Gasteiger partial charge is 0.200 e. The van der Waals surface area contributed by atoms with Crippen molar-refractivity contribution in [3.05, 3.63) is 77.0 Å². The topological polar surface area (TPSA) is 3.88 Å². The molecule has 0 spiro atoms. The molecular formula is C40H48NS+. The van der Waals surface area contributed by atoms with Gasteiger partial charge in [0, 0.05) is 21.2 Å². The van der Waals surface area contributed by atoms with E-state index in [1.165, 1.54) is 75.6 Å². The molecule has 2 heterocycles. The first-order valence-corrected chi connectivity index (χ1v) is 16.5. The average Bonchev–Trinajstić information content (AvgIpc) is 2.85. The minimum Gasteiger partial charge on any atom is -0.200 e. The van der Waals surface area contributed by atoms with Gasteiger partial charge in [0.1, 0.15) is 7.05 Å². The molecule has 6 rings (SSSR count). The van der Waals surface area contributed by atoms with Gasteiger partial charge >= 0.3 is 0 Å². The number of hydrogen-bond acceptors (Lipinski definition) is 1. The van der Waals surface area contributed by atoms with Crippen molar-refractivity contribution in [1.29, 1.82) is 0 Å². The monoisotopic (exact) mass is 574 g/mol. The Bertz CT molecular complexity index is 1890. The van der Waals surface area contributed by atoms with E-state index in [-0.39, 0.29) is 16.2 Å². The molecule has 42 heavy (non-hydrogen) atoms. The lowest BCUT2D eigenvalue weighted by Crippen LogP contribution is -2.32. The van der Waals surface area contributed by atoms with Crippen LogP contribution in [0.25, 0.3) is 43.6 Å². The molecule has 4 aromatic carbocycles. The van der Waals surface area contributed by atoms with Crippen molar-refractivity contribution in [2.75, 3.05) is 0 Å². The van der Waals surface area contributed by atoms with Crippen LogP contribution in [-0.2, 0) is 26.3 Å². The molecule has 0 radical (unpaired) electrons. The van der Waals surface area contributed by atoms with Crippen molar-refractivity contribution >= 4 is 44.1 Å². The predicted molar refractivity (Wildman–Crippen MR) is 184 cm³/mol. The van der Waals surface area contributed by atoms with Gasteiger partial charge in [-0.3, -0.25) is 0 Å². The fourth-order valence-electron chi connectivity index (χ4n) is 7.13. The maximum atomic E-state index is 2.52. The Kier molecular flexibility index (Phi) is 6.85. The van der Waals surface area contributed by atoms with Gasteiger partial charge in [-0.05, 0) is 92.3 Å². The van der Waals surface area contributed by atoms with Crippen LogP contribution in [0, 0.1) is 23.2 Å². The van der Waals surface area contributed by atoms with Gasteiger partial charge < -0.3 is 0 Å². The second-order valence-corrected chi connectivity index (χ2v) is 17.5. The Labute approximate surface area is 257 Å². The van der Waals surface area contributed by atoms with Crippen molar-refractivity contribution in [3.63, 3.8) is 0 Å². The lowest BCUT2D eigenvalue weighted by molar-refractivity contribution is -0.659. The highest BCUT2D eigenvalue weighted by Crippen LogP contribution is 2.54. The minimum absolute atomic E-state index is 0.179. The zero-order chi connectivity index (χ0) is 30.4. The van der Waals surface area contributed by atoms with Crippen LogP contribution in [0.15, 0.2) is 64.5 Å². The van der Waals surface area contributed by atoms with Crippen molar-refractivity contribution in [2.45, 2.75) is 98.3 Å². The highest BCUT2D eigenvalue weighted by molar-refractivity contribution is 8.00. The number of rotatable bonds is 3. The van der Waals surface area contributed by atoms with E-state index in [1.807, 2.05) is 11.8 Å². The lowest BCUT2D eigenvalue weighted by Gasteiger charge is -2.29. The van der Waals surface area contributed by atoms with E-state index in [9.17, 15) is 0 Å². The third-order valence-corrected chi connectivity index (χ3v) is 9.83. The highest BCUT2D eigenvalue weighted by Gasteiger charge is 2.33. The Morgan fingerprint density at radius 1 is 0.667 bits per heavy atom. The van der Waals surface area contributed by atoms with Crippen molar-refractivity contribution in [1.82, 2.24) is 0 Å². The van der Waals surface area contributed by atoms with Crippen LogP contribution in [0.3, 0.4) is 0 Å². The van der Waals surface area contributed by atoms with Crippen LogP contribution in [0.5, 0.6) is 0 Å². The summed E-state index contributed by atoms with van der Waals surface area (Å²) in [6.07, 6.45) is 5.49. The normalized spacial score (nSPS) is 13.8. The number of aryl methyl sites for hydroxylation is 2. The van der Waals surface area contributed by atoms with Gasteiger partial charge in [-0.2, -0.15) is 0 Å². The average molecular weight is 575 g/mol. The molecule has 0 amide bonds. The standard InChI is InChI=1S/C40H48NS/c1-24-30-19-25(21-38(2,3)4)15-16-28(30)32(23-40(8,9)10)37-34(24)36-35-29(17-18-41(36)11)27-14-12-13-26(22-39(5,6)7)31(27)20-33(35)42-37/h12-20H,21-23H2,1-11H3/q+1. The summed E-state index contributed by atoms with van der Waals surface area (Å²) in [5, 5.41) is 8.42. The molecule has 0 N–H and O–H groups in total. The van der Waals surface area contributed by atoms with Crippen LogP contribution in [-0.4, -0.2) is 0 Å². The number of nitrogens with zero attached hydrogens (tertiary/aromatic N) is 1. The summed E-state index contributed by atoms with van der Waals surface area (Å²) in [4.78, 5) is 2.86. The van der Waals surface area contributed by atoms with E-state index in [2.05, 4.69) is 136 Å². The van der Waals surface area contributed by atoms with Crippen LogP contribution < -0.4 is 4.57 Å². The molecular weight excluding hydrogens is 527 g/mol.